The number of carbonyl (C=O) groups excluding carboxylic acids is 1. The Morgan fingerprint density at radius 3 is 2.57 bits per heavy atom. The maximum atomic E-state index is 13.2. The Labute approximate surface area is 169 Å². The van der Waals surface area contributed by atoms with Crippen molar-refractivity contribution >= 4 is 27.3 Å². The van der Waals surface area contributed by atoms with Crippen molar-refractivity contribution in [2.75, 3.05) is 13.1 Å². The smallest absolute Gasteiger partial charge is 0.252 e. The van der Waals surface area contributed by atoms with E-state index in [1.807, 2.05) is 13.8 Å². The van der Waals surface area contributed by atoms with Crippen LogP contribution in [0.1, 0.15) is 38.3 Å². The number of rotatable bonds is 6. The number of halogens is 1. The summed E-state index contributed by atoms with van der Waals surface area (Å²) in [5, 5.41) is 4.78. The first-order valence-electron chi connectivity index (χ1n) is 9.38. The van der Waals surface area contributed by atoms with Gasteiger partial charge in [0, 0.05) is 13.1 Å². The molecule has 1 amide bonds. The highest BCUT2D eigenvalue weighted by Gasteiger charge is 2.34. The zero-order chi connectivity index (χ0) is 20.3. The number of sulfonamides is 1. The van der Waals surface area contributed by atoms with E-state index in [-0.39, 0.29) is 30.2 Å². The topological polar surface area (TPSA) is 66.5 Å². The molecule has 1 aliphatic rings. The van der Waals surface area contributed by atoms with Crippen molar-refractivity contribution in [1.29, 1.82) is 0 Å². The summed E-state index contributed by atoms with van der Waals surface area (Å²) >= 11 is 1.19. The van der Waals surface area contributed by atoms with Gasteiger partial charge in [0.15, 0.2) is 0 Å². The molecule has 2 aromatic rings. The molecule has 0 saturated carbocycles. The van der Waals surface area contributed by atoms with Gasteiger partial charge in [-0.1, -0.05) is 32.0 Å². The van der Waals surface area contributed by atoms with E-state index in [2.05, 4.69) is 5.32 Å². The van der Waals surface area contributed by atoms with E-state index in [0.717, 1.165) is 5.56 Å². The largest absolute Gasteiger partial charge is 0.349 e. The van der Waals surface area contributed by atoms with Crippen molar-refractivity contribution in [3.63, 3.8) is 0 Å². The molecule has 1 aliphatic heterocycles. The van der Waals surface area contributed by atoms with Crippen LogP contribution in [0.25, 0.3) is 0 Å². The molecule has 2 atom stereocenters. The van der Waals surface area contributed by atoms with E-state index in [9.17, 15) is 17.6 Å². The Bertz CT molecular complexity index is 896. The highest BCUT2D eigenvalue weighted by atomic mass is 32.2. The molecule has 0 bridgehead atoms. The number of hydrogen-bond acceptors (Lipinski definition) is 4. The maximum Gasteiger partial charge on any atom is 0.252 e. The van der Waals surface area contributed by atoms with E-state index in [1.165, 1.54) is 27.8 Å². The number of nitrogens with one attached hydrogen (secondary N) is 1. The number of hydrogen-bond donors (Lipinski definition) is 1. The Kier molecular flexibility index (Phi) is 6.52. The van der Waals surface area contributed by atoms with Gasteiger partial charge in [0.2, 0.25) is 5.91 Å². The SMILES string of the molecule is CC(C)C(NC(=O)C1CCCN(S(=O)(=O)c2cccs2)C1)c1ccc(F)cc1. The molecule has 1 N–H and O–H groups in total. The van der Waals surface area contributed by atoms with Crippen molar-refractivity contribution in [3.8, 4) is 0 Å². The van der Waals surface area contributed by atoms with Gasteiger partial charge in [-0.2, -0.15) is 4.31 Å². The van der Waals surface area contributed by atoms with Gasteiger partial charge in [-0.15, -0.1) is 11.3 Å². The molecule has 8 heteroatoms. The Morgan fingerprint density at radius 2 is 1.96 bits per heavy atom. The number of piperidine rings is 1. The van der Waals surface area contributed by atoms with Crippen LogP contribution in [0.5, 0.6) is 0 Å². The zero-order valence-electron chi connectivity index (χ0n) is 16.0. The van der Waals surface area contributed by atoms with Gasteiger partial charge in [-0.25, -0.2) is 12.8 Å². The fourth-order valence-corrected chi connectivity index (χ4v) is 6.16. The minimum absolute atomic E-state index is 0.115. The second kappa shape index (κ2) is 8.71. The molecule has 0 aliphatic carbocycles. The first kappa shape index (κ1) is 21.0. The number of carbonyl (C=O) groups is 1. The minimum Gasteiger partial charge on any atom is -0.349 e. The molecule has 1 aromatic carbocycles. The monoisotopic (exact) mass is 424 g/mol. The summed E-state index contributed by atoms with van der Waals surface area (Å²) in [6.45, 7) is 4.58. The molecule has 1 saturated heterocycles. The lowest BCUT2D eigenvalue weighted by Gasteiger charge is -2.32. The summed E-state index contributed by atoms with van der Waals surface area (Å²) in [7, 11) is -3.56. The lowest BCUT2D eigenvalue weighted by atomic mass is 9.93. The molecule has 1 fully saturated rings. The number of thiophene rings is 1. The third-order valence-electron chi connectivity index (χ3n) is 5.04. The molecule has 0 spiro atoms. The van der Waals surface area contributed by atoms with E-state index >= 15 is 0 Å². The van der Waals surface area contributed by atoms with E-state index < -0.39 is 15.9 Å². The van der Waals surface area contributed by atoms with E-state index in [4.69, 9.17) is 0 Å². The van der Waals surface area contributed by atoms with Crippen LogP contribution in [-0.4, -0.2) is 31.7 Å². The molecule has 152 valence electrons. The zero-order valence-corrected chi connectivity index (χ0v) is 17.6. The first-order chi connectivity index (χ1) is 13.3. The normalized spacial score (nSPS) is 19.5. The van der Waals surface area contributed by atoms with Gasteiger partial charge >= 0.3 is 0 Å². The van der Waals surface area contributed by atoms with Crippen LogP contribution < -0.4 is 5.32 Å². The molecule has 28 heavy (non-hydrogen) atoms. The highest BCUT2D eigenvalue weighted by molar-refractivity contribution is 7.91. The molecular formula is C20H25FN2O3S2. The van der Waals surface area contributed by atoms with Crippen molar-refractivity contribution in [1.82, 2.24) is 9.62 Å². The quantitative estimate of drug-likeness (QED) is 0.767. The van der Waals surface area contributed by atoms with Crippen molar-refractivity contribution < 1.29 is 17.6 Å². The van der Waals surface area contributed by atoms with Crippen LogP contribution >= 0.6 is 11.3 Å². The second-order valence-corrected chi connectivity index (χ2v) is 10.5. The summed E-state index contributed by atoms with van der Waals surface area (Å²) in [5.41, 5.74) is 0.837. The molecule has 0 radical (unpaired) electrons. The first-order valence-corrected chi connectivity index (χ1v) is 11.7. The number of nitrogens with zero attached hydrogens (tertiary/aromatic N) is 1. The van der Waals surface area contributed by atoms with Gasteiger partial charge in [0.1, 0.15) is 10.0 Å². The standard InChI is InChI=1S/C20H25FN2O3S2/c1-14(2)19(15-7-9-17(21)10-8-15)22-20(24)16-5-3-11-23(13-16)28(25,26)18-6-4-12-27-18/h4,6-10,12,14,16,19H,3,5,11,13H2,1-2H3,(H,22,24). The van der Waals surface area contributed by atoms with Gasteiger partial charge in [0.25, 0.3) is 10.0 Å². The number of amides is 1. The van der Waals surface area contributed by atoms with Gasteiger partial charge in [-0.3, -0.25) is 4.79 Å². The lowest BCUT2D eigenvalue weighted by molar-refractivity contribution is -0.127. The Balaban J connectivity index is 1.71. The molecule has 3 rings (SSSR count). The molecular weight excluding hydrogens is 399 g/mol. The Morgan fingerprint density at radius 1 is 1.25 bits per heavy atom. The highest BCUT2D eigenvalue weighted by Crippen LogP contribution is 2.28. The summed E-state index contributed by atoms with van der Waals surface area (Å²) in [4.78, 5) is 12.9. The minimum atomic E-state index is -3.56. The van der Waals surface area contributed by atoms with Gasteiger partial charge in [0.05, 0.1) is 12.0 Å². The van der Waals surface area contributed by atoms with E-state index in [0.29, 0.717) is 23.6 Å². The fourth-order valence-electron chi connectivity index (χ4n) is 3.49. The predicted molar refractivity (Wildman–Crippen MR) is 108 cm³/mol. The summed E-state index contributed by atoms with van der Waals surface area (Å²) < 4.78 is 40.5. The molecule has 5 nitrogen and oxygen atoms in total. The second-order valence-electron chi connectivity index (χ2n) is 7.42. The fraction of sp³-hybridized carbons (Fsp3) is 0.450. The average molecular weight is 425 g/mol. The third kappa shape index (κ3) is 4.61. The molecule has 2 unspecified atom stereocenters. The van der Waals surface area contributed by atoms with Crippen LogP contribution in [0.15, 0.2) is 46.0 Å². The van der Waals surface area contributed by atoms with Crippen LogP contribution in [0.2, 0.25) is 0 Å². The molecule has 2 heterocycles. The average Bonchev–Trinajstić information content (AvgIpc) is 3.22. The summed E-state index contributed by atoms with van der Waals surface area (Å²) in [6.07, 6.45) is 1.29. The van der Waals surface area contributed by atoms with Crippen LogP contribution in [-0.2, 0) is 14.8 Å². The van der Waals surface area contributed by atoms with Crippen LogP contribution in [0.3, 0.4) is 0 Å². The summed E-state index contributed by atoms with van der Waals surface area (Å²) in [6, 6.07) is 9.16. The molecule has 1 aromatic heterocycles. The third-order valence-corrected chi connectivity index (χ3v) is 8.28. The van der Waals surface area contributed by atoms with Crippen molar-refractivity contribution in [2.24, 2.45) is 11.8 Å². The number of benzene rings is 1. The van der Waals surface area contributed by atoms with Crippen molar-refractivity contribution in [3.05, 3.63) is 53.2 Å². The maximum absolute atomic E-state index is 13.2. The van der Waals surface area contributed by atoms with Gasteiger partial charge < -0.3 is 5.32 Å². The van der Waals surface area contributed by atoms with Gasteiger partial charge in [-0.05, 0) is 47.9 Å². The van der Waals surface area contributed by atoms with Crippen molar-refractivity contribution in [2.45, 2.75) is 36.9 Å². The predicted octanol–water partition coefficient (Wildman–Crippen LogP) is 3.80. The summed E-state index contributed by atoms with van der Waals surface area (Å²) in [5.74, 6) is -0.762. The van der Waals surface area contributed by atoms with E-state index in [1.54, 1.807) is 29.6 Å². The lowest BCUT2D eigenvalue weighted by Crippen LogP contribution is -2.46. The van der Waals surface area contributed by atoms with Crippen LogP contribution in [0.4, 0.5) is 4.39 Å². The Hall–Kier alpha value is -1.77. The van der Waals surface area contributed by atoms with Crippen LogP contribution in [0, 0.1) is 17.7 Å².